The summed E-state index contributed by atoms with van der Waals surface area (Å²) in [6, 6.07) is 10.4. The van der Waals surface area contributed by atoms with Gasteiger partial charge in [0.25, 0.3) is 0 Å². The summed E-state index contributed by atoms with van der Waals surface area (Å²) >= 11 is 3.51. The van der Waals surface area contributed by atoms with Crippen LogP contribution in [0.5, 0.6) is 0 Å². The number of carbonyl (C=O) groups excluding carboxylic acids is 1. The van der Waals surface area contributed by atoms with Gasteiger partial charge in [-0.25, -0.2) is 0 Å². The zero-order chi connectivity index (χ0) is 15.0. The highest BCUT2D eigenvalue weighted by molar-refractivity contribution is 9.09. The highest BCUT2D eigenvalue weighted by Crippen LogP contribution is 2.68. The smallest absolute Gasteiger partial charge is 0.224 e. The number of carbonyl (C=O) groups is 1. The molecule has 1 aromatic carbocycles. The Balaban J connectivity index is 1.96. The minimum atomic E-state index is 0.0979. The molecule has 2 rings (SSSR count). The Morgan fingerprint density at radius 3 is 2.20 bits per heavy atom. The zero-order valence-corrected chi connectivity index (χ0v) is 14.3. The topological polar surface area (TPSA) is 29.1 Å². The third-order valence-electron chi connectivity index (χ3n) is 5.14. The van der Waals surface area contributed by atoms with Gasteiger partial charge in [0.05, 0.1) is 0 Å². The van der Waals surface area contributed by atoms with Crippen molar-refractivity contribution in [2.75, 3.05) is 5.33 Å². The minimum Gasteiger partial charge on any atom is -0.352 e. The van der Waals surface area contributed by atoms with Crippen LogP contribution >= 0.6 is 15.9 Å². The van der Waals surface area contributed by atoms with Gasteiger partial charge in [-0.3, -0.25) is 4.79 Å². The lowest BCUT2D eigenvalue weighted by molar-refractivity contribution is -0.124. The summed E-state index contributed by atoms with van der Waals surface area (Å²) in [5.74, 6) is 0.313. The van der Waals surface area contributed by atoms with Crippen molar-refractivity contribution in [3.05, 3.63) is 35.9 Å². The van der Waals surface area contributed by atoms with Crippen LogP contribution in [0.3, 0.4) is 0 Å². The second-order valence-electron chi connectivity index (χ2n) is 6.93. The Bertz CT molecular complexity index is 467. The standard InChI is InChI=1S/C17H24BrNO/c1-16(2)14(17(16,3)4)15(20)19-13(11-18)10-12-8-6-5-7-9-12/h5-9,13-14H,10-11H2,1-4H3,(H,19,20). The van der Waals surface area contributed by atoms with E-state index in [1.807, 2.05) is 18.2 Å². The van der Waals surface area contributed by atoms with Gasteiger partial charge >= 0.3 is 0 Å². The van der Waals surface area contributed by atoms with Gasteiger partial charge in [-0.05, 0) is 22.8 Å². The SMILES string of the molecule is CC1(C)C(C(=O)NC(CBr)Cc2ccccc2)C1(C)C. The second-order valence-corrected chi connectivity index (χ2v) is 7.57. The molecular weight excluding hydrogens is 314 g/mol. The Hall–Kier alpha value is -0.830. The van der Waals surface area contributed by atoms with Crippen molar-refractivity contribution in [3.63, 3.8) is 0 Å². The molecule has 1 N–H and O–H groups in total. The summed E-state index contributed by atoms with van der Waals surface area (Å²) in [5.41, 5.74) is 1.45. The van der Waals surface area contributed by atoms with Crippen molar-refractivity contribution in [1.82, 2.24) is 5.32 Å². The van der Waals surface area contributed by atoms with E-state index in [0.29, 0.717) is 0 Å². The number of halogens is 1. The second kappa shape index (κ2) is 5.51. The average molecular weight is 338 g/mol. The molecule has 3 heteroatoms. The van der Waals surface area contributed by atoms with Crippen LogP contribution in [0.2, 0.25) is 0 Å². The molecule has 1 fully saturated rings. The van der Waals surface area contributed by atoms with E-state index in [2.05, 4.69) is 61.1 Å². The molecule has 20 heavy (non-hydrogen) atoms. The molecule has 1 amide bonds. The van der Waals surface area contributed by atoms with Crippen molar-refractivity contribution in [3.8, 4) is 0 Å². The summed E-state index contributed by atoms with van der Waals surface area (Å²) in [7, 11) is 0. The molecule has 0 bridgehead atoms. The van der Waals surface area contributed by atoms with Gasteiger partial charge in [-0.2, -0.15) is 0 Å². The molecule has 1 aliphatic carbocycles. The fourth-order valence-electron chi connectivity index (χ4n) is 3.18. The molecular formula is C17H24BrNO. The first kappa shape index (κ1) is 15.6. The summed E-state index contributed by atoms with van der Waals surface area (Å²) in [5, 5.41) is 3.98. The fourth-order valence-corrected chi connectivity index (χ4v) is 3.57. The first-order valence-electron chi connectivity index (χ1n) is 7.21. The van der Waals surface area contributed by atoms with Crippen LogP contribution in [-0.2, 0) is 11.2 Å². The average Bonchev–Trinajstić information content (AvgIpc) is 2.80. The number of rotatable bonds is 5. The predicted octanol–water partition coefficient (Wildman–Crippen LogP) is 3.79. The maximum Gasteiger partial charge on any atom is 0.224 e. The molecule has 1 aromatic rings. The van der Waals surface area contributed by atoms with Crippen molar-refractivity contribution in [2.45, 2.75) is 40.2 Å². The number of amides is 1. The first-order valence-corrected chi connectivity index (χ1v) is 8.33. The Morgan fingerprint density at radius 2 is 1.75 bits per heavy atom. The number of benzene rings is 1. The number of nitrogens with one attached hydrogen (secondary N) is 1. The van der Waals surface area contributed by atoms with Crippen molar-refractivity contribution in [2.24, 2.45) is 16.7 Å². The van der Waals surface area contributed by atoms with Gasteiger partial charge < -0.3 is 5.32 Å². The molecule has 0 heterocycles. The van der Waals surface area contributed by atoms with Crippen LogP contribution < -0.4 is 5.32 Å². The van der Waals surface area contributed by atoms with Gasteiger partial charge in [0.2, 0.25) is 5.91 Å². The molecule has 1 aliphatic rings. The van der Waals surface area contributed by atoms with Gasteiger partial charge in [-0.15, -0.1) is 0 Å². The van der Waals surface area contributed by atoms with E-state index in [0.717, 1.165) is 11.8 Å². The van der Waals surface area contributed by atoms with Crippen LogP contribution in [0.1, 0.15) is 33.3 Å². The normalized spacial score (nSPS) is 21.2. The number of hydrogen-bond acceptors (Lipinski definition) is 1. The van der Waals surface area contributed by atoms with E-state index >= 15 is 0 Å². The zero-order valence-electron chi connectivity index (χ0n) is 12.7. The molecule has 0 aliphatic heterocycles. The third kappa shape index (κ3) is 2.78. The quantitative estimate of drug-likeness (QED) is 0.813. The molecule has 0 radical (unpaired) electrons. The highest BCUT2D eigenvalue weighted by atomic mass is 79.9. The Morgan fingerprint density at radius 1 is 1.20 bits per heavy atom. The molecule has 1 saturated carbocycles. The largest absolute Gasteiger partial charge is 0.352 e. The van der Waals surface area contributed by atoms with Gasteiger partial charge in [-0.1, -0.05) is 74.0 Å². The monoisotopic (exact) mass is 337 g/mol. The maximum atomic E-state index is 12.5. The predicted molar refractivity (Wildman–Crippen MR) is 86.9 cm³/mol. The Kier molecular flexibility index (Phi) is 4.29. The maximum absolute atomic E-state index is 12.5. The van der Waals surface area contributed by atoms with Gasteiger partial charge in [0.15, 0.2) is 0 Å². The summed E-state index contributed by atoms with van der Waals surface area (Å²) in [4.78, 5) is 12.5. The van der Waals surface area contributed by atoms with Crippen LogP contribution in [0, 0.1) is 16.7 Å². The minimum absolute atomic E-state index is 0.0979. The van der Waals surface area contributed by atoms with E-state index in [4.69, 9.17) is 0 Å². The lowest BCUT2D eigenvalue weighted by Gasteiger charge is -2.17. The molecule has 0 aromatic heterocycles. The molecule has 0 spiro atoms. The van der Waals surface area contributed by atoms with Crippen LogP contribution in [0.4, 0.5) is 0 Å². The van der Waals surface area contributed by atoms with E-state index in [1.54, 1.807) is 0 Å². The molecule has 1 unspecified atom stereocenters. The molecule has 0 saturated heterocycles. The summed E-state index contributed by atoms with van der Waals surface area (Å²) in [6.07, 6.45) is 0.866. The highest BCUT2D eigenvalue weighted by Gasteiger charge is 2.68. The van der Waals surface area contributed by atoms with E-state index in [9.17, 15) is 4.79 Å². The van der Waals surface area contributed by atoms with Gasteiger partial charge in [0.1, 0.15) is 0 Å². The summed E-state index contributed by atoms with van der Waals surface area (Å²) < 4.78 is 0. The van der Waals surface area contributed by atoms with E-state index in [1.165, 1.54) is 5.56 Å². The van der Waals surface area contributed by atoms with E-state index < -0.39 is 0 Å². The van der Waals surface area contributed by atoms with Crippen molar-refractivity contribution < 1.29 is 4.79 Å². The lowest BCUT2D eigenvalue weighted by Crippen LogP contribution is -2.39. The van der Waals surface area contributed by atoms with Crippen molar-refractivity contribution >= 4 is 21.8 Å². The third-order valence-corrected chi connectivity index (χ3v) is 5.92. The van der Waals surface area contributed by atoms with Crippen LogP contribution in [0.15, 0.2) is 30.3 Å². The first-order chi connectivity index (χ1) is 9.30. The van der Waals surface area contributed by atoms with Crippen molar-refractivity contribution in [1.29, 1.82) is 0 Å². The molecule has 110 valence electrons. The summed E-state index contributed by atoms with van der Waals surface area (Å²) in [6.45, 7) is 8.71. The number of alkyl halides is 1. The molecule has 2 nitrogen and oxygen atoms in total. The fraction of sp³-hybridized carbons (Fsp3) is 0.588. The molecule has 1 atom stereocenters. The van der Waals surface area contributed by atoms with E-state index in [-0.39, 0.29) is 28.7 Å². The van der Waals surface area contributed by atoms with Crippen LogP contribution in [0.25, 0.3) is 0 Å². The Labute approximate surface area is 130 Å². The van der Waals surface area contributed by atoms with Crippen LogP contribution in [-0.4, -0.2) is 17.3 Å². The van der Waals surface area contributed by atoms with Gasteiger partial charge in [0, 0.05) is 17.3 Å². The number of hydrogen-bond donors (Lipinski definition) is 1. The lowest BCUT2D eigenvalue weighted by atomic mass is 10.0.